The van der Waals surface area contributed by atoms with Gasteiger partial charge in [-0.2, -0.15) is 0 Å². The van der Waals surface area contributed by atoms with Crippen molar-refractivity contribution in [1.29, 1.82) is 0 Å². The minimum Gasteiger partial charge on any atom is -0.381 e. The van der Waals surface area contributed by atoms with Crippen LogP contribution in [-0.2, 0) is 27.7 Å². The highest BCUT2D eigenvalue weighted by molar-refractivity contribution is 6.31. The normalized spacial score (nSPS) is 27.4. The number of halogens is 2. The van der Waals surface area contributed by atoms with Gasteiger partial charge in [-0.1, -0.05) is 23.7 Å². The quantitative estimate of drug-likeness (QED) is 0.730. The van der Waals surface area contributed by atoms with Gasteiger partial charge in [-0.25, -0.2) is 4.39 Å². The summed E-state index contributed by atoms with van der Waals surface area (Å²) in [5, 5.41) is 4.65. The Bertz CT molecular complexity index is 911. The summed E-state index contributed by atoms with van der Waals surface area (Å²) < 4.78 is 25.6. The predicted molar refractivity (Wildman–Crippen MR) is 119 cm³/mol. The van der Waals surface area contributed by atoms with Crippen LogP contribution in [0.15, 0.2) is 36.5 Å². The Morgan fingerprint density at radius 1 is 1.10 bits per heavy atom. The Balaban J connectivity index is 1.31. The summed E-state index contributed by atoms with van der Waals surface area (Å²) in [4.78, 5) is 4.54. The van der Waals surface area contributed by atoms with Crippen LogP contribution >= 0.6 is 11.6 Å². The van der Waals surface area contributed by atoms with Crippen LogP contribution in [0.1, 0.15) is 48.9 Å². The Morgan fingerprint density at radius 3 is 2.74 bits per heavy atom. The summed E-state index contributed by atoms with van der Waals surface area (Å²) in [6, 6.07) is 10.0. The predicted octanol–water partition coefficient (Wildman–Crippen LogP) is 4.62. The molecule has 166 valence electrons. The molecule has 0 radical (unpaired) electrons. The lowest BCUT2D eigenvalue weighted by molar-refractivity contribution is -0.154. The van der Waals surface area contributed by atoms with Gasteiger partial charge in [-0.15, -0.1) is 0 Å². The molecule has 2 aliphatic heterocycles. The lowest BCUT2D eigenvalue weighted by atomic mass is 9.66. The molecule has 1 N–H and O–H groups in total. The topological polar surface area (TPSA) is 43.4 Å². The van der Waals surface area contributed by atoms with Gasteiger partial charge in [0.2, 0.25) is 0 Å². The van der Waals surface area contributed by atoms with E-state index in [4.69, 9.17) is 21.1 Å². The highest BCUT2D eigenvalue weighted by Gasteiger charge is 2.48. The SMILES string of the molecule is Fc1ccc(C2(CCNC3Cc4cccc(Cl)c4C3)CCOC3(CCOCC3)C2)nc1. The van der Waals surface area contributed by atoms with Crippen molar-refractivity contribution < 1.29 is 13.9 Å². The van der Waals surface area contributed by atoms with E-state index in [0.29, 0.717) is 12.6 Å². The van der Waals surface area contributed by atoms with Crippen LogP contribution in [0.3, 0.4) is 0 Å². The van der Waals surface area contributed by atoms with Gasteiger partial charge in [0, 0.05) is 42.0 Å². The number of benzene rings is 1. The Hall–Kier alpha value is -1.53. The molecule has 2 atom stereocenters. The molecule has 0 saturated carbocycles. The molecule has 31 heavy (non-hydrogen) atoms. The van der Waals surface area contributed by atoms with Gasteiger partial charge in [0.05, 0.1) is 11.8 Å². The van der Waals surface area contributed by atoms with Gasteiger partial charge in [-0.3, -0.25) is 4.98 Å². The summed E-state index contributed by atoms with van der Waals surface area (Å²) in [5.41, 5.74) is 3.36. The second-order valence-electron chi connectivity index (χ2n) is 9.40. The van der Waals surface area contributed by atoms with Crippen molar-refractivity contribution >= 4 is 11.6 Å². The van der Waals surface area contributed by atoms with E-state index in [9.17, 15) is 4.39 Å². The number of hydrogen-bond acceptors (Lipinski definition) is 4. The Morgan fingerprint density at radius 2 is 1.97 bits per heavy atom. The van der Waals surface area contributed by atoms with Gasteiger partial charge in [0.1, 0.15) is 5.82 Å². The standard InChI is InChI=1S/C25H30ClFN2O2/c26-22-3-1-2-18-14-20(15-21(18)22)28-10-6-24(23-5-4-19(27)16-29-23)7-13-31-25(17-24)8-11-30-12-9-25/h1-5,16,20,28H,6-15,17H2. The highest BCUT2D eigenvalue weighted by Crippen LogP contribution is 2.47. The zero-order valence-corrected chi connectivity index (χ0v) is 18.6. The molecule has 1 aromatic heterocycles. The van der Waals surface area contributed by atoms with Crippen molar-refractivity contribution in [3.63, 3.8) is 0 Å². The molecular weight excluding hydrogens is 415 g/mol. The number of nitrogens with one attached hydrogen (secondary N) is 1. The summed E-state index contributed by atoms with van der Waals surface area (Å²) in [6.45, 7) is 3.09. The van der Waals surface area contributed by atoms with E-state index in [1.54, 1.807) is 6.07 Å². The maximum Gasteiger partial charge on any atom is 0.141 e. The molecule has 1 spiro atoms. The number of aromatic nitrogens is 1. The van der Waals surface area contributed by atoms with Crippen LogP contribution in [0, 0.1) is 5.82 Å². The number of pyridine rings is 1. The molecule has 1 aromatic carbocycles. The molecule has 1 aliphatic carbocycles. The van der Waals surface area contributed by atoms with Gasteiger partial charge in [0.15, 0.2) is 0 Å². The van der Waals surface area contributed by atoms with Crippen LogP contribution in [0.25, 0.3) is 0 Å². The third kappa shape index (κ3) is 4.38. The molecule has 0 amide bonds. The van der Waals surface area contributed by atoms with E-state index in [2.05, 4.69) is 16.4 Å². The van der Waals surface area contributed by atoms with Crippen molar-refractivity contribution in [3.05, 3.63) is 64.2 Å². The maximum atomic E-state index is 13.6. The second kappa shape index (κ2) is 8.78. The smallest absolute Gasteiger partial charge is 0.141 e. The fourth-order valence-electron chi connectivity index (χ4n) is 5.80. The molecule has 2 saturated heterocycles. The third-order valence-corrected chi connectivity index (χ3v) is 7.85. The number of nitrogens with zero attached hydrogens (tertiary/aromatic N) is 1. The van der Waals surface area contributed by atoms with E-state index in [1.807, 2.05) is 18.2 Å². The fourth-order valence-corrected chi connectivity index (χ4v) is 6.07. The first-order valence-electron chi connectivity index (χ1n) is 11.4. The lowest BCUT2D eigenvalue weighted by Gasteiger charge is -2.49. The number of fused-ring (bicyclic) bond motifs is 1. The average Bonchev–Trinajstić information content (AvgIpc) is 3.19. The van der Waals surface area contributed by atoms with Crippen LogP contribution in [-0.4, -0.2) is 43.0 Å². The van der Waals surface area contributed by atoms with Crippen molar-refractivity contribution in [2.75, 3.05) is 26.4 Å². The largest absolute Gasteiger partial charge is 0.381 e. The molecule has 2 unspecified atom stereocenters. The molecule has 3 aliphatic rings. The van der Waals surface area contributed by atoms with Crippen LogP contribution in [0.4, 0.5) is 4.39 Å². The lowest BCUT2D eigenvalue weighted by Crippen LogP contribution is -2.51. The molecule has 2 fully saturated rings. The molecule has 2 aromatic rings. The first-order valence-corrected chi connectivity index (χ1v) is 11.8. The van der Waals surface area contributed by atoms with Crippen molar-refractivity contribution in [2.24, 2.45) is 0 Å². The van der Waals surface area contributed by atoms with E-state index in [-0.39, 0.29) is 16.8 Å². The van der Waals surface area contributed by atoms with Gasteiger partial charge < -0.3 is 14.8 Å². The maximum absolute atomic E-state index is 13.6. The van der Waals surface area contributed by atoms with Crippen LogP contribution in [0.5, 0.6) is 0 Å². The van der Waals surface area contributed by atoms with E-state index < -0.39 is 0 Å². The summed E-state index contributed by atoms with van der Waals surface area (Å²) in [6.07, 6.45) is 7.96. The molecule has 5 rings (SSSR count). The number of rotatable bonds is 5. The monoisotopic (exact) mass is 444 g/mol. The molecular formula is C25H30ClFN2O2. The highest BCUT2D eigenvalue weighted by atomic mass is 35.5. The van der Waals surface area contributed by atoms with Crippen molar-refractivity contribution in [2.45, 2.75) is 62.0 Å². The van der Waals surface area contributed by atoms with E-state index in [1.165, 1.54) is 17.3 Å². The Labute approximate surface area is 188 Å². The van der Waals surface area contributed by atoms with E-state index in [0.717, 1.165) is 75.4 Å². The van der Waals surface area contributed by atoms with Crippen LogP contribution < -0.4 is 5.32 Å². The minimum absolute atomic E-state index is 0.112. The van der Waals surface area contributed by atoms with Crippen molar-refractivity contribution in [1.82, 2.24) is 10.3 Å². The second-order valence-corrected chi connectivity index (χ2v) is 9.81. The Kier molecular flexibility index (Phi) is 6.04. The van der Waals surface area contributed by atoms with Crippen LogP contribution in [0.2, 0.25) is 5.02 Å². The number of hydrogen-bond donors (Lipinski definition) is 1. The van der Waals surface area contributed by atoms with Gasteiger partial charge in [-0.05, 0) is 80.8 Å². The fraction of sp³-hybridized carbons (Fsp3) is 0.560. The molecule has 0 bridgehead atoms. The third-order valence-electron chi connectivity index (χ3n) is 7.49. The summed E-state index contributed by atoms with van der Waals surface area (Å²) in [5.74, 6) is -0.287. The zero-order chi connectivity index (χ0) is 21.3. The summed E-state index contributed by atoms with van der Waals surface area (Å²) >= 11 is 6.40. The summed E-state index contributed by atoms with van der Waals surface area (Å²) in [7, 11) is 0. The molecule has 3 heterocycles. The average molecular weight is 445 g/mol. The zero-order valence-electron chi connectivity index (χ0n) is 17.8. The van der Waals surface area contributed by atoms with Gasteiger partial charge in [0.25, 0.3) is 0 Å². The number of ether oxygens (including phenoxy) is 2. The molecule has 4 nitrogen and oxygen atoms in total. The van der Waals surface area contributed by atoms with Gasteiger partial charge >= 0.3 is 0 Å². The van der Waals surface area contributed by atoms with E-state index >= 15 is 0 Å². The van der Waals surface area contributed by atoms with Crippen molar-refractivity contribution in [3.8, 4) is 0 Å². The molecule has 6 heteroatoms. The first kappa shape index (κ1) is 21.3. The minimum atomic E-state index is -0.287. The first-order chi connectivity index (χ1) is 15.1.